The first-order valence-corrected chi connectivity index (χ1v) is 8.09. The predicted molar refractivity (Wildman–Crippen MR) is 86.7 cm³/mol. The second-order valence-electron chi connectivity index (χ2n) is 6.48. The van der Waals surface area contributed by atoms with Crippen LogP contribution in [0.4, 0.5) is 0 Å². The monoisotopic (exact) mass is 340 g/mol. The molecule has 2 aliphatic carbocycles. The van der Waals surface area contributed by atoms with Gasteiger partial charge in [0.2, 0.25) is 0 Å². The molecule has 3 aliphatic rings. The van der Waals surface area contributed by atoms with Gasteiger partial charge in [-0.05, 0) is 48.1 Å². The van der Waals surface area contributed by atoms with Crippen LogP contribution in [0.15, 0.2) is 41.5 Å². The van der Waals surface area contributed by atoms with E-state index in [0.717, 1.165) is 11.4 Å². The molecule has 1 aromatic carbocycles. The van der Waals surface area contributed by atoms with E-state index in [1.807, 2.05) is 12.2 Å². The highest BCUT2D eigenvalue weighted by molar-refractivity contribution is 6.06. The van der Waals surface area contributed by atoms with Crippen molar-refractivity contribution in [1.29, 1.82) is 0 Å². The lowest BCUT2D eigenvalue weighted by Gasteiger charge is -2.13. The number of carbonyl (C=O) groups is 3. The summed E-state index contributed by atoms with van der Waals surface area (Å²) in [4.78, 5) is 35.5. The van der Waals surface area contributed by atoms with Gasteiger partial charge in [0.15, 0.2) is 6.61 Å². The highest BCUT2D eigenvalue weighted by atomic mass is 16.5. The lowest BCUT2D eigenvalue weighted by Crippen LogP contribution is -2.28. The Morgan fingerprint density at radius 2 is 1.76 bits per heavy atom. The third kappa shape index (κ3) is 2.61. The summed E-state index contributed by atoms with van der Waals surface area (Å²) in [7, 11) is 0. The lowest BCUT2D eigenvalue weighted by molar-refractivity contribution is -0.141. The number of nitrogens with zero attached hydrogens (tertiary/aromatic N) is 2. The molecule has 1 saturated heterocycles. The number of fused-ring (bicyclic) bond motifs is 5. The number of benzene rings is 1. The molecule has 2 bridgehead atoms. The van der Waals surface area contributed by atoms with Crippen molar-refractivity contribution in [2.75, 3.05) is 6.61 Å². The van der Waals surface area contributed by atoms with E-state index in [9.17, 15) is 14.4 Å². The van der Waals surface area contributed by atoms with Gasteiger partial charge in [-0.25, -0.2) is 4.79 Å². The van der Waals surface area contributed by atoms with Crippen molar-refractivity contribution in [1.82, 2.24) is 5.01 Å². The number of carboxylic acid groups (broad SMARTS) is 1. The molecule has 1 N–H and O–H groups in total. The number of carbonyl (C=O) groups excluding carboxylic acids is 2. The van der Waals surface area contributed by atoms with Crippen LogP contribution in [0.5, 0.6) is 5.75 Å². The highest BCUT2D eigenvalue weighted by Gasteiger charge is 2.59. The number of hydrogen-bond donors (Lipinski definition) is 1. The smallest absolute Gasteiger partial charge is 0.341 e. The fraction of sp³-hybridized carbons (Fsp3) is 0.333. The molecule has 4 atom stereocenters. The van der Waals surface area contributed by atoms with Crippen molar-refractivity contribution in [3.05, 3.63) is 42.0 Å². The van der Waals surface area contributed by atoms with Crippen LogP contribution in [-0.4, -0.2) is 40.7 Å². The molecule has 4 rings (SSSR count). The standard InChI is InChI=1S/C18H16N2O5/c21-14(22)9-25-13-5-1-10(2-6-13)8-19-20-17(23)15-11-3-4-12(7-11)16(15)18(20)24/h1-6,8,11-12,15-16H,7,9H2,(H,21,22)/b19-8-/t11-,12-,15+,16+/m0/s1. The Balaban J connectivity index is 1.45. The van der Waals surface area contributed by atoms with Crippen molar-refractivity contribution in [2.24, 2.45) is 28.8 Å². The molecular formula is C18H16N2O5. The zero-order chi connectivity index (χ0) is 17.6. The Morgan fingerprint density at radius 3 is 2.32 bits per heavy atom. The first kappa shape index (κ1) is 15.6. The average Bonchev–Trinajstić information content (AvgIpc) is 3.27. The zero-order valence-corrected chi connectivity index (χ0v) is 13.2. The quantitative estimate of drug-likeness (QED) is 0.495. The van der Waals surface area contributed by atoms with Gasteiger partial charge in [-0.2, -0.15) is 10.1 Å². The summed E-state index contributed by atoms with van der Waals surface area (Å²) in [6.45, 7) is -0.413. The van der Waals surface area contributed by atoms with Gasteiger partial charge in [0.1, 0.15) is 5.75 Å². The van der Waals surface area contributed by atoms with Gasteiger partial charge in [0.25, 0.3) is 11.8 Å². The summed E-state index contributed by atoms with van der Waals surface area (Å²) in [6, 6.07) is 6.57. The summed E-state index contributed by atoms with van der Waals surface area (Å²) < 4.78 is 5.05. The third-order valence-corrected chi connectivity index (χ3v) is 5.01. The van der Waals surface area contributed by atoms with Crippen molar-refractivity contribution >= 4 is 24.0 Å². The van der Waals surface area contributed by atoms with Crippen molar-refractivity contribution in [2.45, 2.75) is 6.42 Å². The van der Waals surface area contributed by atoms with Crippen molar-refractivity contribution < 1.29 is 24.2 Å². The van der Waals surface area contributed by atoms with E-state index in [0.29, 0.717) is 11.3 Å². The fourth-order valence-corrected chi connectivity index (χ4v) is 3.92. The molecular weight excluding hydrogens is 324 g/mol. The minimum absolute atomic E-state index is 0.164. The number of allylic oxidation sites excluding steroid dienone is 2. The van der Waals surface area contributed by atoms with Crippen LogP contribution in [0.25, 0.3) is 0 Å². The first-order chi connectivity index (χ1) is 12.0. The van der Waals surface area contributed by atoms with Crippen LogP contribution in [0.3, 0.4) is 0 Å². The summed E-state index contributed by atoms with van der Waals surface area (Å²) in [6.07, 6.45) is 6.43. The van der Waals surface area contributed by atoms with Crippen LogP contribution in [0.2, 0.25) is 0 Å². The van der Waals surface area contributed by atoms with Crippen molar-refractivity contribution in [3.8, 4) is 5.75 Å². The molecule has 1 saturated carbocycles. The Bertz CT molecular complexity index is 768. The molecule has 1 aromatic rings. The molecule has 0 unspecified atom stereocenters. The molecule has 0 aromatic heterocycles. The molecule has 1 heterocycles. The normalized spacial score (nSPS) is 29.7. The van der Waals surface area contributed by atoms with Crippen LogP contribution >= 0.6 is 0 Å². The molecule has 2 fully saturated rings. The van der Waals surface area contributed by atoms with E-state index in [-0.39, 0.29) is 35.5 Å². The maximum absolute atomic E-state index is 12.5. The Hall–Kier alpha value is -2.96. The number of hydrazone groups is 1. The van der Waals surface area contributed by atoms with Gasteiger partial charge < -0.3 is 9.84 Å². The van der Waals surface area contributed by atoms with Gasteiger partial charge >= 0.3 is 5.97 Å². The Morgan fingerprint density at radius 1 is 1.16 bits per heavy atom. The van der Waals surface area contributed by atoms with Gasteiger partial charge in [-0.1, -0.05) is 12.2 Å². The fourth-order valence-electron chi connectivity index (χ4n) is 3.92. The second kappa shape index (κ2) is 5.84. The molecule has 0 radical (unpaired) electrons. The average molecular weight is 340 g/mol. The van der Waals surface area contributed by atoms with Crippen molar-refractivity contribution in [3.63, 3.8) is 0 Å². The van der Waals surface area contributed by atoms with E-state index in [1.54, 1.807) is 24.3 Å². The van der Waals surface area contributed by atoms with E-state index in [4.69, 9.17) is 9.84 Å². The number of amides is 2. The third-order valence-electron chi connectivity index (χ3n) is 5.01. The van der Waals surface area contributed by atoms with Gasteiger partial charge in [0, 0.05) is 0 Å². The lowest BCUT2D eigenvalue weighted by atomic mass is 9.85. The van der Waals surface area contributed by atoms with E-state index in [2.05, 4.69) is 5.10 Å². The van der Waals surface area contributed by atoms with Gasteiger partial charge in [0.05, 0.1) is 18.1 Å². The number of rotatable bonds is 5. The molecule has 7 nitrogen and oxygen atoms in total. The van der Waals surface area contributed by atoms with Gasteiger partial charge in [-0.15, -0.1) is 0 Å². The summed E-state index contributed by atoms with van der Waals surface area (Å²) in [5.41, 5.74) is 0.682. The summed E-state index contributed by atoms with van der Waals surface area (Å²) in [5.74, 6) is -1.25. The minimum Gasteiger partial charge on any atom is -0.482 e. The largest absolute Gasteiger partial charge is 0.482 e. The number of ether oxygens (including phenoxy) is 1. The van der Waals surface area contributed by atoms with E-state index >= 15 is 0 Å². The second-order valence-corrected chi connectivity index (χ2v) is 6.48. The SMILES string of the molecule is O=C(O)COc1ccc(/C=N\N2C(=O)[C@H]3[C@H](C2=O)[C@H]2C=C[C@H]3C2)cc1. The minimum atomic E-state index is -1.05. The Kier molecular flexibility index (Phi) is 3.63. The molecule has 1 aliphatic heterocycles. The maximum atomic E-state index is 12.5. The van der Waals surface area contributed by atoms with Gasteiger partial charge in [-0.3, -0.25) is 9.59 Å². The van der Waals surface area contributed by atoms with E-state index < -0.39 is 12.6 Å². The van der Waals surface area contributed by atoms with Crippen LogP contribution in [0, 0.1) is 23.7 Å². The topological polar surface area (TPSA) is 96.3 Å². The van der Waals surface area contributed by atoms with Crippen LogP contribution < -0.4 is 4.74 Å². The number of imide groups is 1. The van der Waals surface area contributed by atoms with E-state index in [1.165, 1.54) is 6.21 Å². The van der Waals surface area contributed by atoms with Crippen LogP contribution in [0.1, 0.15) is 12.0 Å². The number of aliphatic carboxylic acids is 1. The number of carboxylic acids is 1. The highest BCUT2D eigenvalue weighted by Crippen LogP contribution is 2.52. The summed E-state index contributed by atoms with van der Waals surface area (Å²) >= 11 is 0. The number of hydrogen-bond acceptors (Lipinski definition) is 5. The molecule has 7 heteroatoms. The first-order valence-electron chi connectivity index (χ1n) is 8.09. The summed E-state index contributed by atoms with van der Waals surface area (Å²) in [5, 5.41) is 13.7. The van der Waals surface area contributed by atoms with Crippen LogP contribution in [-0.2, 0) is 14.4 Å². The maximum Gasteiger partial charge on any atom is 0.341 e. The Labute approximate surface area is 143 Å². The molecule has 0 spiro atoms. The molecule has 25 heavy (non-hydrogen) atoms. The predicted octanol–water partition coefficient (Wildman–Crippen LogP) is 1.29. The molecule has 2 amide bonds. The zero-order valence-electron chi connectivity index (χ0n) is 13.2. The molecule has 128 valence electrons.